The zero-order valence-corrected chi connectivity index (χ0v) is 16.0. The minimum absolute atomic E-state index is 0.0342. The summed E-state index contributed by atoms with van der Waals surface area (Å²) in [5.41, 5.74) is 7.75. The lowest BCUT2D eigenvalue weighted by Crippen LogP contribution is -2.39. The molecule has 0 aliphatic carbocycles. The Morgan fingerprint density at radius 1 is 1.38 bits per heavy atom. The number of nitrogens with zero attached hydrogens (tertiary/aromatic N) is 5. The molecule has 0 unspecified atom stereocenters. The Kier molecular flexibility index (Phi) is 5.13. The number of likely N-dealkylation sites (tertiary alicyclic amines) is 1. The highest BCUT2D eigenvalue weighted by Crippen LogP contribution is 2.23. The van der Waals surface area contributed by atoms with Gasteiger partial charge in [0.2, 0.25) is 0 Å². The van der Waals surface area contributed by atoms with E-state index in [2.05, 4.69) is 15.5 Å². The highest BCUT2D eigenvalue weighted by Gasteiger charge is 2.28. The lowest BCUT2D eigenvalue weighted by atomic mass is 9.96. The number of aromatic nitrogens is 4. The third-order valence-electron chi connectivity index (χ3n) is 5.03. The third kappa shape index (κ3) is 3.80. The van der Waals surface area contributed by atoms with Crippen molar-refractivity contribution in [3.63, 3.8) is 0 Å². The number of aryl methyl sites for hydroxylation is 2. The number of carbonyl (C=O) groups excluding carboxylic acids is 1. The zero-order chi connectivity index (χ0) is 18.9. The zero-order valence-electron chi connectivity index (χ0n) is 16.0. The van der Waals surface area contributed by atoms with Crippen LogP contribution in [0, 0.1) is 12.8 Å². The van der Waals surface area contributed by atoms with Crippen molar-refractivity contribution in [1.29, 1.82) is 0 Å². The normalized spacial score (nSPS) is 16.3. The van der Waals surface area contributed by atoms with Crippen LogP contribution in [0.15, 0.2) is 10.7 Å². The van der Waals surface area contributed by atoms with Crippen molar-refractivity contribution >= 4 is 5.91 Å². The van der Waals surface area contributed by atoms with Crippen LogP contribution < -0.4 is 5.73 Å². The van der Waals surface area contributed by atoms with Gasteiger partial charge in [0.15, 0.2) is 0 Å². The maximum Gasteiger partial charge on any atom is 0.259 e. The fraction of sp³-hybridized carbons (Fsp3) is 0.667. The van der Waals surface area contributed by atoms with Crippen LogP contribution in [0.1, 0.15) is 61.1 Å². The molecule has 0 radical (unpaired) electrons. The monoisotopic (exact) mass is 360 g/mol. The summed E-state index contributed by atoms with van der Waals surface area (Å²) in [4.78, 5) is 14.7. The van der Waals surface area contributed by atoms with E-state index < -0.39 is 5.54 Å². The van der Waals surface area contributed by atoms with E-state index in [-0.39, 0.29) is 5.91 Å². The summed E-state index contributed by atoms with van der Waals surface area (Å²) >= 11 is 0. The molecule has 2 N–H and O–H groups in total. The van der Waals surface area contributed by atoms with Crippen LogP contribution in [-0.2, 0) is 18.5 Å². The van der Waals surface area contributed by atoms with Gasteiger partial charge in [-0.25, -0.2) is 0 Å². The Bertz CT molecular complexity index is 765. The SMILES string of the molecule is CCc1noc(C)c1C(=O)N1CCC(Cn2cc(C(C)(C)N)nn2)CC1. The van der Waals surface area contributed by atoms with Gasteiger partial charge in [0.05, 0.1) is 17.4 Å². The molecule has 0 atom stereocenters. The topological polar surface area (TPSA) is 103 Å². The number of rotatable bonds is 5. The molecular formula is C18H28N6O2. The molecule has 8 heteroatoms. The summed E-state index contributed by atoms with van der Waals surface area (Å²) in [6, 6.07) is 0. The quantitative estimate of drug-likeness (QED) is 0.873. The second-order valence-corrected chi connectivity index (χ2v) is 7.70. The van der Waals surface area contributed by atoms with Gasteiger partial charge >= 0.3 is 0 Å². The molecule has 1 saturated heterocycles. The van der Waals surface area contributed by atoms with Crippen molar-refractivity contribution in [1.82, 2.24) is 25.1 Å². The molecule has 2 aromatic heterocycles. The molecule has 0 bridgehead atoms. The fourth-order valence-corrected chi connectivity index (χ4v) is 3.36. The Hall–Kier alpha value is -2.22. The molecule has 3 heterocycles. The first-order valence-corrected chi connectivity index (χ1v) is 9.23. The summed E-state index contributed by atoms with van der Waals surface area (Å²) in [5, 5.41) is 12.3. The Labute approximate surface area is 153 Å². The first-order valence-electron chi connectivity index (χ1n) is 9.23. The van der Waals surface area contributed by atoms with Gasteiger partial charge in [-0.05, 0) is 46.0 Å². The Morgan fingerprint density at radius 3 is 2.65 bits per heavy atom. The van der Waals surface area contributed by atoms with Gasteiger partial charge in [-0.15, -0.1) is 5.10 Å². The molecule has 1 amide bonds. The second kappa shape index (κ2) is 7.19. The standard InChI is InChI=1S/C18H28N6O2/c1-5-14-16(12(2)26-21-14)17(25)23-8-6-13(7-9-23)10-24-11-15(20-22-24)18(3,4)19/h11,13H,5-10,19H2,1-4H3. The van der Waals surface area contributed by atoms with Crippen LogP contribution in [0.4, 0.5) is 0 Å². The second-order valence-electron chi connectivity index (χ2n) is 7.70. The number of hydrogen-bond acceptors (Lipinski definition) is 6. The van der Waals surface area contributed by atoms with Crippen LogP contribution in [0.25, 0.3) is 0 Å². The van der Waals surface area contributed by atoms with Crippen molar-refractivity contribution in [2.24, 2.45) is 11.7 Å². The van der Waals surface area contributed by atoms with Crippen molar-refractivity contribution in [2.75, 3.05) is 13.1 Å². The number of nitrogens with two attached hydrogens (primary N) is 1. The van der Waals surface area contributed by atoms with Gasteiger partial charge in [0, 0.05) is 19.6 Å². The van der Waals surface area contributed by atoms with Crippen molar-refractivity contribution in [2.45, 2.75) is 59.0 Å². The molecule has 8 nitrogen and oxygen atoms in total. The van der Waals surface area contributed by atoms with Gasteiger partial charge < -0.3 is 15.2 Å². The molecule has 26 heavy (non-hydrogen) atoms. The van der Waals surface area contributed by atoms with Crippen molar-refractivity contribution < 1.29 is 9.32 Å². The van der Waals surface area contributed by atoms with Gasteiger partial charge in [0.1, 0.15) is 17.0 Å². The predicted octanol–water partition coefficient (Wildman–Crippen LogP) is 1.88. The third-order valence-corrected chi connectivity index (χ3v) is 5.03. The van der Waals surface area contributed by atoms with E-state index in [1.54, 1.807) is 6.92 Å². The molecule has 0 saturated carbocycles. The molecule has 1 fully saturated rings. The van der Waals surface area contributed by atoms with E-state index in [0.717, 1.165) is 43.9 Å². The number of piperidine rings is 1. The van der Waals surface area contributed by atoms with Gasteiger partial charge in [-0.1, -0.05) is 17.3 Å². The van der Waals surface area contributed by atoms with Crippen LogP contribution in [0.2, 0.25) is 0 Å². The molecule has 0 aromatic carbocycles. The molecule has 3 rings (SSSR count). The summed E-state index contributed by atoms with van der Waals surface area (Å²) in [5.74, 6) is 1.11. The Morgan fingerprint density at radius 2 is 2.08 bits per heavy atom. The molecular weight excluding hydrogens is 332 g/mol. The number of hydrogen-bond donors (Lipinski definition) is 1. The molecule has 142 valence electrons. The van der Waals surface area contributed by atoms with Crippen LogP contribution in [0.5, 0.6) is 0 Å². The lowest BCUT2D eigenvalue weighted by molar-refractivity contribution is 0.0678. The summed E-state index contributed by atoms with van der Waals surface area (Å²) in [6.45, 7) is 9.90. The van der Waals surface area contributed by atoms with Gasteiger partial charge in [-0.2, -0.15) is 0 Å². The molecule has 1 aliphatic rings. The average molecular weight is 360 g/mol. The molecule has 2 aromatic rings. The smallest absolute Gasteiger partial charge is 0.259 e. The van der Waals surface area contributed by atoms with Crippen LogP contribution in [-0.4, -0.2) is 44.0 Å². The van der Waals surface area contributed by atoms with Crippen LogP contribution >= 0.6 is 0 Å². The van der Waals surface area contributed by atoms with Crippen molar-refractivity contribution in [3.8, 4) is 0 Å². The number of carbonyl (C=O) groups is 1. The summed E-state index contributed by atoms with van der Waals surface area (Å²) < 4.78 is 7.07. The van der Waals surface area contributed by atoms with Gasteiger partial charge in [0.25, 0.3) is 5.91 Å². The van der Waals surface area contributed by atoms with E-state index in [0.29, 0.717) is 23.7 Å². The van der Waals surface area contributed by atoms with E-state index in [1.165, 1.54) is 0 Å². The minimum Gasteiger partial charge on any atom is -0.361 e. The van der Waals surface area contributed by atoms with E-state index >= 15 is 0 Å². The number of amides is 1. The first kappa shape index (κ1) is 18.6. The van der Waals surface area contributed by atoms with Gasteiger partial charge in [-0.3, -0.25) is 9.48 Å². The maximum absolute atomic E-state index is 12.8. The summed E-state index contributed by atoms with van der Waals surface area (Å²) in [6.07, 6.45) is 4.50. The van der Waals surface area contributed by atoms with Crippen LogP contribution in [0.3, 0.4) is 0 Å². The van der Waals surface area contributed by atoms with E-state index in [1.807, 2.05) is 36.5 Å². The minimum atomic E-state index is -0.485. The molecule has 0 spiro atoms. The first-order chi connectivity index (χ1) is 12.3. The lowest BCUT2D eigenvalue weighted by Gasteiger charge is -2.31. The highest BCUT2D eigenvalue weighted by atomic mass is 16.5. The Balaban J connectivity index is 1.58. The molecule has 1 aliphatic heterocycles. The van der Waals surface area contributed by atoms with Crippen molar-refractivity contribution in [3.05, 3.63) is 28.9 Å². The average Bonchev–Trinajstić information content (AvgIpc) is 3.21. The fourth-order valence-electron chi connectivity index (χ4n) is 3.36. The van der Waals surface area contributed by atoms with E-state index in [4.69, 9.17) is 10.3 Å². The predicted molar refractivity (Wildman–Crippen MR) is 96.5 cm³/mol. The largest absolute Gasteiger partial charge is 0.361 e. The van der Waals surface area contributed by atoms with E-state index in [9.17, 15) is 4.79 Å². The summed E-state index contributed by atoms with van der Waals surface area (Å²) in [7, 11) is 0. The highest BCUT2D eigenvalue weighted by molar-refractivity contribution is 5.96. The maximum atomic E-state index is 12.8.